The van der Waals surface area contributed by atoms with E-state index in [1.54, 1.807) is 0 Å². The summed E-state index contributed by atoms with van der Waals surface area (Å²) >= 11 is 0. The predicted molar refractivity (Wildman–Crippen MR) is 209 cm³/mol. The Morgan fingerprint density at radius 3 is 1.64 bits per heavy atom. The van der Waals surface area contributed by atoms with Crippen LogP contribution in [0.25, 0.3) is 32.7 Å². The molecule has 0 aliphatic rings. The van der Waals surface area contributed by atoms with E-state index in [0.29, 0.717) is 0 Å². The maximum atomic E-state index is 4.86. The van der Waals surface area contributed by atoms with Crippen molar-refractivity contribution >= 4 is 56.5 Å². The fourth-order valence-electron chi connectivity index (χ4n) is 6.75. The second-order valence-corrected chi connectivity index (χ2v) is 12.7. The molecular weight excluding hydrogens is 613 g/mol. The van der Waals surface area contributed by atoms with E-state index in [2.05, 4.69) is 118 Å². The molecule has 7 rings (SSSR count). The highest BCUT2D eigenvalue weighted by Gasteiger charge is 2.19. The fraction of sp³-hybridized carbons (Fsp3) is 0.182. The number of fused-ring (bicyclic) bond motifs is 3. The Balaban J connectivity index is 1.04. The van der Waals surface area contributed by atoms with E-state index in [-0.39, 0.29) is 0 Å². The Kier molecular flexibility index (Phi) is 10.2. The highest BCUT2D eigenvalue weighted by molar-refractivity contribution is 6.09. The van der Waals surface area contributed by atoms with Crippen molar-refractivity contribution in [2.75, 3.05) is 24.1 Å². The van der Waals surface area contributed by atoms with Crippen LogP contribution in [-0.4, -0.2) is 26.5 Å². The molecule has 0 radical (unpaired) electrons. The summed E-state index contributed by atoms with van der Waals surface area (Å²) in [7, 11) is 3.98. The molecular formula is C44H44N6+2. The first-order valence-corrected chi connectivity index (χ1v) is 17.6. The summed E-state index contributed by atoms with van der Waals surface area (Å²) < 4.78 is 4.89. The van der Waals surface area contributed by atoms with Crippen molar-refractivity contribution in [1.82, 2.24) is 0 Å². The normalized spacial score (nSPS) is 11.7. The first-order chi connectivity index (χ1) is 24.7. The number of hydrazone groups is 2. The van der Waals surface area contributed by atoms with Gasteiger partial charge in [0.15, 0.2) is 6.20 Å². The molecule has 6 heteroatoms. The highest BCUT2D eigenvalue weighted by atomic mass is 15.4. The molecule has 5 aromatic carbocycles. The van der Waals surface area contributed by atoms with Crippen molar-refractivity contribution in [3.8, 4) is 0 Å². The number of hydrogen-bond donors (Lipinski definition) is 0. The molecule has 0 atom stereocenters. The monoisotopic (exact) mass is 656 g/mol. The van der Waals surface area contributed by atoms with Gasteiger partial charge in [-0.25, -0.2) is 0 Å². The highest BCUT2D eigenvalue weighted by Crippen LogP contribution is 2.24. The number of anilines is 2. The summed E-state index contributed by atoms with van der Waals surface area (Å²) in [6.07, 6.45) is 10.8. The van der Waals surface area contributed by atoms with Gasteiger partial charge in [-0.1, -0.05) is 72.8 Å². The molecule has 2 heterocycles. The van der Waals surface area contributed by atoms with Gasteiger partial charge in [0.2, 0.25) is 16.6 Å². The first kappa shape index (κ1) is 32.7. The fourth-order valence-corrected chi connectivity index (χ4v) is 6.75. The molecule has 0 saturated carbocycles. The van der Waals surface area contributed by atoms with Crippen LogP contribution >= 0.6 is 0 Å². The number of rotatable bonds is 13. The summed E-state index contributed by atoms with van der Waals surface area (Å²) in [6, 6.07) is 48.8. The van der Waals surface area contributed by atoms with Gasteiger partial charge in [-0.3, -0.25) is 10.0 Å². The Morgan fingerprint density at radius 2 is 1.02 bits per heavy atom. The van der Waals surface area contributed by atoms with Gasteiger partial charge in [-0.2, -0.15) is 19.3 Å². The maximum Gasteiger partial charge on any atom is 0.213 e. The van der Waals surface area contributed by atoms with E-state index in [1.165, 1.54) is 45.6 Å². The van der Waals surface area contributed by atoms with Crippen LogP contribution in [0.4, 0.5) is 11.4 Å². The molecule has 0 aliphatic heterocycles. The molecule has 0 bridgehead atoms. The summed E-state index contributed by atoms with van der Waals surface area (Å²) in [6.45, 7) is 1.94. The molecule has 0 saturated heterocycles. The summed E-state index contributed by atoms with van der Waals surface area (Å²) in [5.41, 5.74) is 8.12. The van der Waals surface area contributed by atoms with Crippen molar-refractivity contribution < 1.29 is 9.13 Å². The summed E-state index contributed by atoms with van der Waals surface area (Å²) in [5.74, 6) is 0. The Labute approximate surface area is 294 Å². The largest absolute Gasteiger partial charge is 0.269 e. The molecule has 7 aromatic rings. The molecule has 0 unspecified atom stereocenters. The van der Waals surface area contributed by atoms with Crippen LogP contribution < -0.4 is 19.2 Å². The van der Waals surface area contributed by atoms with E-state index in [0.717, 1.165) is 48.4 Å². The SMILES string of the molecule is CN(N=Cc1cc2ccccc2[n+](CCCCCC[n+]2c3ccccc3c(C=NN(C)c3ccccc3)c3ccccc32)c1)c1ccccc1. The van der Waals surface area contributed by atoms with Gasteiger partial charge in [-0.15, -0.1) is 0 Å². The topological polar surface area (TPSA) is 39.0 Å². The molecule has 50 heavy (non-hydrogen) atoms. The molecule has 0 N–H and O–H groups in total. The Bertz CT molecular complexity index is 2210. The smallest absolute Gasteiger partial charge is 0.213 e. The third-order valence-electron chi connectivity index (χ3n) is 9.37. The van der Waals surface area contributed by atoms with Gasteiger partial charge in [0.1, 0.15) is 13.1 Å². The number of unbranched alkanes of at least 4 members (excludes halogenated alkanes) is 3. The minimum absolute atomic E-state index is 0.972. The van der Waals surface area contributed by atoms with Crippen LogP contribution in [0, 0.1) is 0 Å². The number of hydrogen-bond acceptors (Lipinski definition) is 4. The third-order valence-corrected chi connectivity index (χ3v) is 9.37. The zero-order chi connectivity index (χ0) is 34.1. The maximum absolute atomic E-state index is 4.86. The number of para-hydroxylation sites is 5. The van der Waals surface area contributed by atoms with E-state index >= 15 is 0 Å². The Morgan fingerprint density at radius 1 is 0.520 bits per heavy atom. The quantitative estimate of drug-likeness (QED) is 0.0409. The zero-order valence-corrected chi connectivity index (χ0v) is 28.9. The minimum Gasteiger partial charge on any atom is -0.269 e. The van der Waals surface area contributed by atoms with Crippen molar-refractivity contribution in [2.45, 2.75) is 38.8 Å². The van der Waals surface area contributed by atoms with Crippen LogP contribution in [0.15, 0.2) is 156 Å². The lowest BCUT2D eigenvalue weighted by molar-refractivity contribution is -0.672. The summed E-state index contributed by atoms with van der Waals surface area (Å²) in [4.78, 5) is 0. The van der Waals surface area contributed by atoms with E-state index in [9.17, 15) is 0 Å². The van der Waals surface area contributed by atoms with Crippen LogP contribution in [0.5, 0.6) is 0 Å². The van der Waals surface area contributed by atoms with Gasteiger partial charge in [0.25, 0.3) is 0 Å². The van der Waals surface area contributed by atoms with Crippen LogP contribution in [0.1, 0.15) is 36.8 Å². The average Bonchev–Trinajstić information content (AvgIpc) is 3.18. The number of nitrogens with zero attached hydrogens (tertiary/aromatic N) is 6. The summed E-state index contributed by atoms with van der Waals surface area (Å²) in [5, 5.41) is 17.1. The standard InChI is InChI=1S/C44H44N6/c1-47(37-20-7-5-8-21-37)45-32-35-31-36-19-11-14-26-42(36)49(34-35)29-17-3-4-18-30-50-43-27-15-12-24-39(43)41(40-25-13-16-28-44(40)50)33-46-48(2)38-22-9-6-10-23-38/h5-16,19-28,31-34H,3-4,17-18,29-30H2,1-2H3/q+2. The molecule has 0 spiro atoms. The molecule has 0 amide bonds. The number of benzene rings is 5. The van der Waals surface area contributed by atoms with Gasteiger partial charge in [0, 0.05) is 56.1 Å². The Hall–Kier alpha value is -5.88. The van der Waals surface area contributed by atoms with Crippen LogP contribution in [0.3, 0.4) is 0 Å². The second-order valence-electron chi connectivity index (χ2n) is 12.7. The van der Waals surface area contributed by atoms with Crippen molar-refractivity contribution in [2.24, 2.45) is 10.2 Å². The van der Waals surface area contributed by atoms with Gasteiger partial charge >= 0.3 is 0 Å². The average molecular weight is 657 g/mol. The predicted octanol–water partition coefficient (Wildman–Crippen LogP) is 8.92. The molecule has 6 nitrogen and oxygen atoms in total. The molecule has 0 aliphatic carbocycles. The lowest BCUT2D eigenvalue weighted by atomic mass is 10.0. The minimum atomic E-state index is 0.972. The number of pyridine rings is 2. The van der Waals surface area contributed by atoms with Crippen molar-refractivity contribution in [3.63, 3.8) is 0 Å². The number of aromatic nitrogens is 2. The number of aryl methyl sites for hydroxylation is 2. The second kappa shape index (κ2) is 15.6. The van der Waals surface area contributed by atoms with E-state index in [1.807, 2.05) is 72.9 Å². The van der Waals surface area contributed by atoms with Crippen LogP contribution in [0.2, 0.25) is 0 Å². The van der Waals surface area contributed by atoms with E-state index in [4.69, 9.17) is 10.2 Å². The van der Waals surface area contributed by atoms with Crippen molar-refractivity contribution in [1.29, 1.82) is 0 Å². The van der Waals surface area contributed by atoms with Gasteiger partial charge in [-0.05, 0) is 61.4 Å². The lowest BCUT2D eigenvalue weighted by Crippen LogP contribution is -2.36. The van der Waals surface area contributed by atoms with E-state index < -0.39 is 0 Å². The lowest BCUT2D eigenvalue weighted by Gasteiger charge is -2.13. The third kappa shape index (κ3) is 7.40. The van der Waals surface area contributed by atoms with Crippen LogP contribution in [-0.2, 0) is 13.1 Å². The zero-order valence-electron chi connectivity index (χ0n) is 28.9. The van der Waals surface area contributed by atoms with Gasteiger partial charge in [0.05, 0.1) is 40.1 Å². The molecule has 2 aromatic heterocycles. The van der Waals surface area contributed by atoms with Gasteiger partial charge < -0.3 is 0 Å². The molecule has 248 valence electrons. The first-order valence-electron chi connectivity index (χ1n) is 17.6. The molecule has 0 fully saturated rings. The van der Waals surface area contributed by atoms with Crippen molar-refractivity contribution in [3.05, 3.63) is 157 Å².